The highest BCUT2D eigenvalue weighted by atomic mass is 16.6. The second-order valence-corrected chi connectivity index (χ2v) is 5.85. The summed E-state index contributed by atoms with van der Waals surface area (Å²) in [6.07, 6.45) is 3.04. The third-order valence-corrected chi connectivity index (χ3v) is 4.37. The van der Waals surface area contributed by atoms with Crippen molar-refractivity contribution in [1.29, 1.82) is 0 Å². The molecule has 0 atom stereocenters. The molecule has 0 saturated carbocycles. The Bertz CT molecular complexity index is 552. The van der Waals surface area contributed by atoms with Gasteiger partial charge in [0.1, 0.15) is 5.56 Å². The molecule has 1 fully saturated rings. The Morgan fingerprint density at radius 1 is 1.41 bits per heavy atom. The van der Waals surface area contributed by atoms with Crippen molar-refractivity contribution in [3.63, 3.8) is 0 Å². The van der Waals surface area contributed by atoms with Crippen LogP contribution in [0.1, 0.15) is 35.2 Å². The van der Waals surface area contributed by atoms with Crippen molar-refractivity contribution in [2.75, 3.05) is 26.7 Å². The van der Waals surface area contributed by atoms with E-state index < -0.39 is 4.92 Å². The van der Waals surface area contributed by atoms with Crippen LogP contribution >= 0.6 is 0 Å². The van der Waals surface area contributed by atoms with Crippen molar-refractivity contribution < 1.29 is 9.72 Å². The van der Waals surface area contributed by atoms with Gasteiger partial charge in [0.25, 0.3) is 11.6 Å². The van der Waals surface area contributed by atoms with Gasteiger partial charge in [0, 0.05) is 19.2 Å². The Morgan fingerprint density at radius 2 is 2.09 bits per heavy atom. The number of carbonyl (C=O) groups is 1. The molecule has 22 heavy (non-hydrogen) atoms. The van der Waals surface area contributed by atoms with Gasteiger partial charge in [-0.05, 0) is 51.3 Å². The average Bonchev–Trinajstić information content (AvgIpc) is 2.52. The predicted octanol–water partition coefficient (Wildman–Crippen LogP) is 2.36. The first-order valence-corrected chi connectivity index (χ1v) is 7.72. The molecule has 1 N–H and O–H groups in total. The van der Waals surface area contributed by atoms with E-state index in [1.807, 2.05) is 7.05 Å². The van der Waals surface area contributed by atoms with Crippen molar-refractivity contribution in [3.8, 4) is 0 Å². The molecule has 1 aromatic carbocycles. The molecule has 0 aromatic heterocycles. The molecule has 6 nitrogen and oxygen atoms in total. The lowest BCUT2D eigenvalue weighted by Crippen LogP contribution is -2.39. The van der Waals surface area contributed by atoms with E-state index in [2.05, 4.69) is 5.32 Å². The van der Waals surface area contributed by atoms with Crippen LogP contribution in [0.5, 0.6) is 0 Å². The van der Waals surface area contributed by atoms with E-state index in [4.69, 9.17) is 0 Å². The standard InChI is InChI=1S/C16H23N3O3/c1-12-4-3-5-14(19(21)22)15(12)16(20)18-10-7-13(8-11-18)6-9-17-2/h3-5,13,17H,6-11H2,1-2H3. The zero-order valence-corrected chi connectivity index (χ0v) is 13.2. The van der Waals surface area contributed by atoms with Gasteiger partial charge in [-0.3, -0.25) is 14.9 Å². The Morgan fingerprint density at radius 3 is 2.68 bits per heavy atom. The maximum Gasteiger partial charge on any atom is 0.282 e. The summed E-state index contributed by atoms with van der Waals surface area (Å²) in [4.78, 5) is 25.1. The minimum absolute atomic E-state index is 0.0951. The molecule has 0 unspecified atom stereocenters. The molecule has 0 radical (unpaired) electrons. The molecule has 1 heterocycles. The first kappa shape index (κ1) is 16.4. The molecular formula is C16H23N3O3. The molecule has 2 rings (SSSR count). The number of piperidine rings is 1. The Hall–Kier alpha value is -1.95. The SMILES string of the molecule is CNCCC1CCN(C(=O)c2c(C)cccc2[N+](=O)[O-])CC1. The molecule has 6 heteroatoms. The van der Waals surface area contributed by atoms with Gasteiger partial charge in [-0.2, -0.15) is 0 Å². The van der Waals surface area contributed by atoms with Gasteiger partial charge < -0.3 is 10.2 Å². The molecule has 1 amide bonds. The number of likely N-dealkylation sites (tertiary alicyclic amines) is 1. The highest BCUT2D eigenvalue weighted by molar-refractivity contribution is 5.99. The smallest absolute Gasteiger partial charge is 0.282 e. The molecule has 1 saturated heterocycles. The summed E-state index contributed by atoms with van der Waals surface area (Å²) in [7, 11) is 1.94. The first-order valence-electron chi connectivity index (χ1n) is 7.72. The quantitative estimate of drug-likeness (QED) is 0.669. The summed E-state index contributed by atoms with van der Waals surface area (Å²) in [5, 5.41) is 14.3. The van der Waals surface area contributed by atoms with Gasteiger partial charge in [0.05, 0.1) is 4.92 Å². The number of hydrogen-bond acceptors (Lipinski definition) is 4. The highest BCUT2D eigenvalue weighted by Crippen LogP contribution is 2.27. The molecule has 0 aliphatic carbocycles. The lowest BCUT2D eigenvalue weighted by Gasteiger charge is -2.32. The van der Waals surface area contributed by atoms with Crippen LogP contribution in [0.3, 0.4) is 0 Å². The second-order valence-electron chi connectivity index (χ2n) is 5.85. The maximum atomic E-state index is 12.7. The number of hydrogen-bond donors (Lipinski definition) is 1. The summed E-state index contributed by atoms with van der Waals surface area (Å²) in [6.45, 7) is 4.10. The van der Waals surface area contributed by atoms with E-state index in [1.165, 1.54) is 6.07 Å². The van der Waals surface area contributed by atoms with Gasteiger partial charge in [-0.25, -0.2) is 0 Å². The van der Waals surface area contributed by atoms with Crippen LogP contribution in [0.2, 0.25) is 0 Å². The fourth-order valence-corrected chi connectivity index (χ4v) is 3.01. The van der Waals surface area contributed by atoms with Gasteiger partial charge in [0.15, 0.2) is 0 Å². The fourth-order valence-electron chi connectivity index (χ4n) is 3.01. The molecular weight excluding hydrogens is 282 g/mol. The number of nitrogens with zero attached hydrogens (tertiary/aromatic N) is 2. The van der Waals surface area contributed by atoms with E-state index in [9.17, 15) is 14.9 Å². The van der Waals surface area contributed by atoms with Crippen LogP contribution in [0.4, 0.5) is 5.69 Å². The molecule has 1 aliphatic heterocycles. The number of nitro benzene ring substituents is 1. The number of benzene rings is 1. The first-order chi connectivity index (χ1) is 10.5. The minimum Gasteiger partial charge on any atom is -0.338 e. The average molecular weight is 305 g/mol. The number of amides is 1. The van der Waals surface area contributed by atoms with Crippen molar-refractivity contribution in [3.05, 3.63) is 39.4 Å². The monoisotopic (exact) mass is 305 g/mol. The zero-order chi connectivity index (χ0) is 16.1. The Balaban J connectivity index is 2.09. The van der Waals surface area contributed by atoms with Gasteiger partial charge >= 0.3 is 0 Å². The number of nitro groups is 1. The minimum atomic E-state index is -0.472. The van der Waals surface area contributed by atoms with Crippen LogP contribution in [0.25, 0.3) is 0 Å². The van der Waals surface area contributed by atoms with Gasteiger partial charge in [-0.1, -0.05) is 12.1 Å². The van der Waals surface area contributed by atoms with Crippen molar-refractivity contribution in [2.24, 2.45) is 5.92 Å². The molecule has 0 bridgehead atoms. The van der Waals surface area contributed by atoms with Crippen molar-refractivity contribution in [2.45, 2.75) is 26.2 Å². The zero-order valence-electron chi connectivity index (χ0n) is 13.2. The van der Waals surface area contributed by atoms with Gasteiger partial charge in [0.2, 0.25) is 0 Å². The van der Waals surface area contributed by atoms with Gasteiger partial charge in [-0.15, -0.1) is 0 Å². The lowest BCUT2D eigenvalue weighted by atomic mass is 9.93. The predicted molar refractivity (Wildman–Crippen MR) is 85.0 cm³/mol. The van der Waals surface area contributed by atoms with Crippen LogP contribution in [0.15, 0.2) is 18.2 Å². The summed E-state index contributed by atoms with van der Waals surface area (Å²) >= 11 is 0. The second kappa shape index (κ2) is 7.35. The normalized spacial score (nSPS) is 15.8. The number of nitrogens with one attached hydrogen (secondary N) is 1. The third kappa shape index (κ3) is 3.62. The van der Waals surface area contributed by atoms with E-state index in [0.29, 0.717) is 24.6 Å². The topological polar surface area (TPSA) is 75.5 Å². The Kier molecular flexibility index (Phi) is 5.49. The van der Waals surface area contributed by atoms with E-state index >= 15 is 0 Å². The summed E-state index contributed by atoms with van der Waals surface area (Å²) in [5.74, 6) is 0.417. The summed E-state index contributed by atoms with van der Waals surface area (Å²) in [6, 6.07) is 4.77. The molecule has 1 aromatic rings. The van der Waals surface area contributed by atoms with Crippen molar-refractivity contribution >= 4 is 11.6 Å². The number of aryl methyl sites for hydroxylation is 1. The largest absolute Gasteiger partial charge is 0.338 e. The van der Waals surface area contributed by atoms with E-state index in [1.54, 1.807) is 24.0 Å². The van der Waals surface area contributed by atoms with Crippen LogP contribution < -0.4 is 5.32 Å². The van der Waals surface area contributed by atoms with Crippen LogP contribution in [-0.4, -0.2) is 42.4 Å². The highest BCUT2D eigenvalue weighted by Gasteiger charge is 2.29. The van der Waals surface area contributed by atoms with E-state index in [0.717, 1.165) is 25.8 Å². The van der Waals surface area contributed by atoms with E-state index in [-0.39, 0.29) is 17.2 Å². The summed E-state index contributed by atoms with van der Waals surface area (Å²) in [5.41, 5.74) is 0.806. The maximum absolute atomic E-state index is 12.7. The molecule has 120 valence electrons. The lowest BCUT2D eigenvalue weighted by molar-refractivity contribution is -0.385. The fraction of sp³-hybridized carbons (Fsp3) is 0.562. The number of rotatable bonds is 5. The third-order valence-electron chi connectivity index (χ3n) is 4.37. The van der Waals surface area contributed by atoms with Crippen molar-refractivity contribution in [1.82, 2.24) is 10.2 Å². The molecule has 0 spiro atoms. The summed E-state index contributed by atoms with van der Waals surface area (Å²) < 4.78 is 0. The molecule has 1 aliphatic rings. The number of carbonyl (C=O) groups excluding carboxylic acids is 1. The van der Waals surface area contributed by atoms with Crippen LogP contribution in [-0.2, 0) is 0 Å². The Labute approximate surface area is 130 Å². The van der Waals surface area contributed by atoms with Crippen LogP contribution in [0, 0.1) is 23.0 Å².